The Bertz CT molecular complexity index is 1080. The number of hydrogen-bond acceptors (Lipinski definition) is 9. The molecule has 3 unspecified atom stereocenters. The van der Waals surface area contributed by atoms with Crippen LogP contribution >= 0.6 is 7.82 Å². The highest BCUT2D eigenvalue weighted by atomic mass is 31.2. The second kappa shape index (κ2) is 37.5. The molecule has 0 amide bonds. The standard InChI is InChI=1S/C45H82NO9P/c1-3-5-7-9-11-13-14-15-16-17-18-19-20-22-24-26-31-35-44(47)51-39-41(40-53-56(49,50)52-38-37-46)54-45(48)36-32-28-27-30-34-43-42(55-43)33-29-25-23-21-12-10-8-6-4-2/h12,21,25,27,29-30,41-43H,3-11,13-20,22-24,26,28,31-40,46H2,1-2H3,(H,49,50)/b21-12-,29-25-,30-27-/t41-,42?,43?/m1/s1. The first kappa shape index (κ1) is 52.2. The molecule has 1 aliphatic heterocycles. The van der Waals surface area contributed by atoms with E-state index in [-0.39, 0.29) is 44.8 Å². The van der Waals surface area contributed by atoms with Gasteiger partial charge in [-0.25, -0.2) is 4.57 Å². The van der Waals surface area contributed by atoms with Crippen molar-refractivity contribution in [2.24, 2.45) is 5.73 Å². The van der Waals surface area contributed by atoms with Crippen molar-refractivity contribution < 1.29 is 42.3 Å². The van der Waals surface area contributed by atoms with Gasteiger partial charge in [-0.15, -0.1) is 0 Å². The first-order chi connectivity index (χ1) is 27.3. The summed E-state index contributed by atoms with van der Waals surface area (Å²) in [6, 6.07) is 0. The van der Waals surface area contributed by atoms with Gasteiger partial charge in [0.2, 0.25) is 0 Å². The van der Waals surface area contributed by atoms with Gasteiger partial charge in [0.05, 0.1) is 25.4 Å². The van der Waals surface area contributed by atoms with Gasteiger partial charge in [0, 0.05) is 19.4 Å². The fraction of sp³-hybridized carbons (Fsp3) is 0.822. The molecule has 0 aromatic carbocycles. The maximum absolute atomic E-state index is 12.6. The van der Waals surface area contributed by atoms with Crippen molar-refractivity contribution in [2.45, 2.75) is 212 Å². The third-order valence-corrected chi connectivity index (χ3v) is 10.9. The molecule has 0 aromatic heterocycles. The van der Waals surface area contributed by atoms with Crippen LogP contribution in [0.3, 0.4) is 0 Å². The first-order valence-corrected chi connectivity index (χ1v) is 24.1. The smallest absolute Gasteiger partial charge is 0.462 e. The molecular formula is C45H82NO9P. The van der Waals surface area contributed by atoms with Crippen LogP contribution in [0.15, 0.2) is 36.5 Å². The van der Waals surface area contributed by atoms with E-state index in [1.807, 2.05) is 6.08 Å². The molecule has 3 N–H and O–H groups in total. The molecule has 326 valence electrons. The molecule has 1 aliphatic rings. The van der Waals surface area contributed by atoms with Crippen LogP contribution in [0.25, 0.3) is 0 Å². The van der Waals surface area contributed by atoms with Crippen LogP contribution in [-0.2, 0) is 37.4 Å². The van der Waals surface area contributed by atoms with E-state index >= 15 is 0 Å². The Hall–Kier alpha value is -1.81. The molecule has 0 aromatic rings. The lowest BCUT2D eigenvalue weighted by atomic mass is 10.0. The largest absolute Gasteiger partial charge is 0.472 e. The van der Waals surface area contributed by atoms with Gasteiger partial charge in [0.1, 0.15) is 6.61 Å². The summed E-state index contributed by atoms with van der Waals surface area (Å²) in [5.74, 6) is -0.896. The first-order valence-electron chi connectivity index (χ1n) is 22.6. The van der Waals surface area contributed by atoms with Crippen molar-refractivity contribution in [1.82, 2.24) is 0 Å². The van der Waals surface area contributed by atoms with E-state index < -0.39 is 32.5 Å². The van der Waals surface area contributed by atoms with Gasteiger partial charge in [0.15, 0.2) is 6.10 Å². The monoisotopic (exact) mass is 812 g/mol. The molecular weight excluding hydrogens is 729 g/mol. The van der Waals surface area contributed by atoms with E-state index in [9.17, 15) is 19.0 Å². The van der Waals surface area contributed by atoms with E-state index in [0.717, 1.165) is 44.9 Å². The zero-order valence-electron chi connectivity index (χ0n) is 35.6. The SMILES string of the molecule is CCCCC/C=C\C/C=C\CC1OC1C/C=C\CCCC(=O)O[C@H](COC(=O)CCCCCCCCCCCCCCCCCCC)COP(=O)(O)OCCN. The number of phosphoric ester groups is 1. The summed E-state index contributed by atoms with van der Waals surface area (Å²) in [5, 5.41) is 0. The highest BCUT2D eigenvalue weighted by molar-refractivity contribution is 7.47. The predicted molar refractivity (Wildman–Crippen MR) is 228 cm³/mol. The molecule has 56 heavy (non-hydrogen) atoms. The molecule has 0 aliphatic carbocycles. The summed E-state index contributed by atoms with van der Waals surface area (Å²) in [7, 11) is -4.40. The van der Waals surface area contributed by atoms with E-state index in [0.29, 0.717) is 12.8 Å². The average Bonchev–Trinajstić information content (AvgIpc) is 3.94. The molecule has 1 saturated heterocycles. The lowest BCUT2D eigenvalue weighted by Gasteiger charge is -2.19. The molecule has 11 heteroatoms. The van der Waals surface area contributed by atoms with Crippen LogP contribution in [0.1, 0.15) is 194 Å². The maximum atomic E-state index is 12.6. The van der Waals surface area contributed by atoms with Crippen LogP contribution in [-0.4, -0.2) is 61.5 Å². The minimum absolute atomic E-state index is 0.0424. The Morgan fingerprint density at radius 1 is 0.625 bits per heavy atom. The minimum atomic E-state index is -4.40. The number of rotatable bonds is 41. The summed E-state index contributed by atoms with van der Waals surface area (Å²) >= 11 is 0. The maximum Gasteiger partial charge on any atom is 0.472 e. The highest BCUT2D eigenvalue weighted by Crippen LogP contribution is 2.43. The molecule has 1 fully saturated rings. The number of epoxide rings is 1. The predicted octanol–water partition coefficient (Wildman–Crippen LogP) is 11.9. The van der Waals surface area contributed by atoms with Crippen LogP contribution in [0.2, 0.25) is 0 Å². The second-order valence-corrected chi connectivity index (χ2v) is 16.8. The van der Waals surface area contributed by atoms with Crippen molar-refractivity contribution in [3.8, 4) is 0 Å². The fourth-order valence-corrected chi connectivity index (χ4v) is 7.20. The Balaban J connectivity index is 2.20. The van der Waals surface area contributed by atoms with E-state index in [2.05, 4.69) is 44.2 Å². The number of hydrogen-bond donors (Lipinski definition) is 2. The van der Waals surface area contributed by atoms with Crippen molar-refractivity contribution >= 4 is 19.8 Å². The Morgan fingerprint density at radius 2 is 1.11 bits per heavy atom. The molecule has 0 bridgehead atoms. The summed E-state index contributed by atoms with van der Waals surface area (Å²) in [6.07, 6.45) is 43.5. The van der Waals surface area contributed by atoms with Gasteiger partial charge in [-0.05, 0) is 51.4 Å². The number of esters is 2. The molecule has 10 nitrogen and oxygen atoms in total. The van der Waals surface area contributed by atoms with Gasteiger partial charge in [0.25, 0.3) is 0 Å². The lowest BCUT2D eigenvalue weighted by molar-refractivity contribution is -0.161. The Labute approximate surface area is 341 Å². The zero-order valence-corrected chi connectivity index (χ0v) is 36.5. The van der Waals surface area contributed by atoms with Gasteiger partial charge < -0.3 is 24.8 Å². The van der Waals surface area contributed by atoms with Crippen LogP contribution < -0.4 is 5.73 Å². The van der Waals surface area contributed by atoms with Crippen molar-refractivity contribution in [2.75, 3.05) is 26.4 Å². The minimum Gasteiger partial charge on any atom is -0.462 e. The number of carbonyl (C=O) groups is 2. The third-order valence-electron chi connectivity index (χ3n) is 9.93. The van der Waals surface area contributed by atoms with Gasteiger partial charge in [-0.2, -0.15) is 0 Å². The molecule has 4 atom stereocenters. The normalized spacial score (nSPS) is 17.2. The summed E-state index contributed by atoms with van der Waals surface area (Å²) < 4.78 is 38.5. The third kappa shape index (κ3) is 34.3. The van der Waals surface area contributed by atoms with Crippen LogP contribution in [0.5, 0.6) is 0 Å². The quantitative estimate of drug-likeness (QED) is 0.0201. The van der Waals surface area contributed by atoms with Gasteiger partial charge in [-0.3, -0.25) is 18.6 Å². The molecule has 0 saturated carbocycles. The fourth-order valence-electron chi connectivity index (χ4n) is 6.43. The number of unbranched alkanes of at least 4 members (excludes halogenated alkanes) is 20. The number of ether oxygens (including phenoxy) is 3. The summed E-state index contributed by atoms with van der Waals surface area (Å²) in [4.78, 5) is 34.9. The topological polar surface area (TPSA) is 147 Å². The molecule has 1 rings (SSSR count). The number of carbonyl (C=O) groups excluding carboxylic acids is 2. The molecule has 0 spiro atoms. The lowest BCUT2D eigenvalue weighted by Crippen LogP contribution is -2.29. The Morgan fingerprint density at radius 3 is 1.70 bits per heavy atom. The molecule has 1 heterocycles. The van der Waals surface area contributed by atoms with E-state index in [4.69, 9.17) is 29.0 Å². The van der Waals surface area contributed by atoms with Crippen molar-refractivity contribution in [3.63, 3.8) is 0 Å². The van der Waals surface area contributed by atoms with Gasteiger partial charge >= 0.3 is 19.8 Å². The Kier molecular flexibility index (Phi) is 34.9. The van der Waals surface area contributed by atoms with E-state index in [1.54, 1.807) is 0 Å². The highest BCUT2D eigenvalue weighted by Gasteiger charge is 2.36. The van der Waals surface area contributed by atoms with Crippen LogP contribution in [0, 0.1) is 0 Å². The van der Waals surface area contributed by atoms with Gasteiger partial charge in [-0.1, -0.05) is 166 Å². The number of nitrogens with two attached hydrogens (primary N) is 1. The zero-order chi connectivity index (χ0) is 40.8. The summed E-state index contributed by atoms with van der Waals surface area (Å²) in [5.41, 5.74) is 5.35. The molecule has 0 radical (unpaired) electrons. The van der Waals surface area contributed by atoms with Crippen LogP contribution in [0.4, 0.5) is 0 Å². The number of phosphoric acid groups is 1. The average molecular weight is 812 g/mol. The number of allylic oxidation sites excluding steroid dienone is 4. The van der Waals surface area contributed by atoms with Crippen molar-refractivity contribution in [1.29, 1.82) is 0 Å². The summed E-state index contributed by atoms with van der Waals surface area (Å²) in [6.45, 7) is 3.64. The second-order valence-electron chi connectivity index (χ2n) is 15.3. The van der Waals surface area contributed by atoms with Crippen molar-refractivity contribution in [3.05, 3.63) is 36.5 Å². The van der Waals surface area contributed by atoms with E-state index in [1.165, 1.54) is 109 Å².